The molecule has 2 heterocycles. The van der Waals surface area contributed by atoms with E-state index < -0.39 is 24.0 Å². The first-order chi connectivity index (χ1) is 20.4. The molecule has 3 atom stereocenters. The van der Waals surface area contributed by atoms with Gasteiger partial charge in [-0.2, -0.15) is 0 Å². The Morgan fingerprint density at radius 1 is 1.14 bits per heavy atom. The van der Waals surface area contributed by atoms with Crippen LogP contribution in [0, 0.1) is 25.6 Å². The summed E-state index contributed by atoms with van der Waals surface area (Å²) in [5.41, 5.74) is 2.41. The summed E-state index contributed by atoms with van der Waals surface area (Å²) in [6.45, 7) is 7.39. The molecule has 1 aliphatic heterocycles. The zero-order valence-electron chi connectivity index (χ0n) is 24.8. The van der Waals surface area contributed by atoms with Gasteiger partial charge in [-0.1, -0.05) is 12.1 Å². The van der Waals surface area contributed by atoms with Crippen LogP contribution in [0.25, 0.3) is 0 Å². The Balaban J connectivity index is 1.56. The third-order valence-electron chi connectivity index (χ3n) is 7.34. The molecule has 0 unspecified atom stereocenters. The van der Waals surface area contributed by atoms with E-state index in [-0.39, 0.29) is 37.4 Å². The molecule has 0 aliphatic carbocycles. The molecule has 0 fully saturated rings. The van der Waals surface area contributed by atoms with Gasteiger partial charge in [-0.15, -0.1) is 0 Å². The van der Waals surface area contributed by atoms with Gasteiger partial charge in [0, 0.05) is 36.4 Å². The smallest absolute Gasteiger partial charge is 0.323 e. The lowest BCUT2D eigenvalue weighted by Crippen LogP contribution is -2.48. The molecule has 3 aromatic rings. The molecule has 4 rings (SSSR count). The highest BCUT2D eigenvalue weighted by Crippen LogP contribution is 2.29. The quantitative estimate of drug-likeness (QED) is 0.316. The van der Waals surface area contributed by atoms with Gasteiger partial charge in [-0.3, -0.25) is 4.79 Å². The van der Waals surface area contributed by atoms with Crippen LogP contribution >= 0.6 is 0 Å². The Bertz CT molecular complexity index is 1440. The largest absolute Gasteiger partial charge is 0.488 e. The second-order valence-electron chi connectivity index (χ2n) is 10.8. The number of likely N-dealkylation sites (N-methyl/N-ethyl adjacent to an activating group) is 1. The van der Waals surface area contributed by atoms with Crippen molar-refractivity contribution in [3.63, 3.8) is 0 Å². The Hall–Kier alpha value is -4.65. The number of aliphatic hydroxyl groups is 1. The maximum Gasteiger partial charge on any atom is 0.323 e. The number of benzene rings is 2. The van der Waals surface area contributed by atoms with Crippen molar-refractivity contribution in [1.82, 2.24) is 15.0 Å². The highest BCUT2D eigenvalue weighted by molar-refractivity contribution is 6.00. The fourth-order valence-electron chi connectivity index (χ4n) is 4.77. The molecule has 13 heteroatoms. The van der Waals surface area contributed by atoms with Gasteiger partial charge < -0.3 is 40.1 Å². The molecule has 43 heavy (non-hydrogen) atoms. The minimum Gasteiger partial charge on any atom is -0.488 e. The van der Waals surface area contributed by atoms with Gasteiger partial charge in [0.05, 0.1) is 25.6 Å². The lowest BCUT2D eigenvalue weighted by molar-refractivity contribution is -0.134. The molecule has 0 spiro atoms. The third kappa shape index (κ3) is 7.80. The summed E-state index contributed by atoms with van der Waals surface area (Å²) >= 11 is 0. The van der Waals surface area contributed by atoms with Crippen LogP contribution in [0.2, 0.25) is 0 Å². The maximum absolute atomic E-state index is 13.4. The number of nitrogens with zero attached hydrogens (tertiary/aromatic N) is 3. The molecule has 2 aromatic carbocycles. The van der Waals surface area contributed by atoms with E-state index in [0.29, 0.717) is 46.4 Å². The van der Waals surface area contributed by atoms with Crippen LogP contribution < -0.4 is 20.7 Å². The minimum atomic E-state index is -0.546. The average Bonchev–Trinajstić information content (AvgIpc) is 3.30. The highest BCUT2D eigenvalue weighted by Gasteiger charge is 2.32. The number of amides is 5. The number of aromatic nitrogens is 1. The summed E-state index contributed by atoms with van der Waals surface area (Å²) in [7, 11) is 1.64. The Morgan fingerprint density at radius 2 is 1.81 bits per heavy atom. The van der Waals surface area contributed by atoms with Crippen molar-refractivity contribution in [3.8, 4) is 5.75 Å². The Kier molecular flexibility index (Phi) is 9.86. The number of hydrogen-bond acceptors (Lipinski definition) is 7. The summed E-state index contributed by atoms with van der Waals surface area (Å²) in [4.78, 5) is 42.2. The molecule has 0 bridgehead atoms. The lowest BCUT2D eigenvalue weighted by atomic mass is 10.0. The molecule has 4 N–H and O–H groups in total. The van der Waals surface area contributed by atoms with Crippen LogP contribution in [0.5, 0.6) is 5.75 Å². The molecule has 1 aromatic heterocycles. The van der Waals surface area contributed by atoms with E-state index >= 15 is 0 Å². The number of anilines is 3. The first kappa shape index (κ1) is 31.3. The van der Waals surface area contributed by atoms with Gasteiger partial charge in [-0.05, 0) is 63.2 Å². The summed E-state index contributed by atoms with van der Waals surface area (Å²) in [5.74, 6) is 0.0716. The van der Waals surface area contributed by atoms with Crippen LogP contribution in [0.3, 0.4) is 0 Å². The van der Waals surface area contributed by atoms with Crippen molar-refractivity contribution < 1.29 is 33.1 Å². The van der Waals surface area contributed by atoms with Gasteiger partial charge in [0.2, 0.25) is 5.91 Å². The number of aryl methyl sites for hydroxylation is 2. The van der Waals surface area contributed by atoms with E-state index in [9.17, 15) is 23.9 Å². The monoisotopic (exact) mass is 596 g/mol. The van der Waals surface area contributed by atoms with Gasteiger partial charge in [0.1, 0.15) is 29.1 Å². The first-order valence-electron chi connectivity index (χ1n) is 13.9. The van der Waals surface area contributed by atoms with Crippen LogP contribution in [-0.2, 0) is 11.2 Å². The standard InChI is InChI=1S/C30H37FN6O6/c1-17-14-37(18(2)16-38)27(39)13-21-12-24(33-29(40)32-23-8-6-22(31)7-9-23)10-11-25(21)42-26(17)15-36(5)30(41)34-28-19(3)35-43-20(28)4/h6-12,17-18,26,38H,13-16H2,1-5H3,(H,34,41)(H2,32,33,40)/t17-,18+,26+/m1/s1. The molecule has 1 aliphatic rings. The van der Waals surface area contributed by atoms with Crippen LogP contribution in [0.15, 0.2) is 47.0 Å². The first-order valence-corrected chi connectivity index (χ1v) is 13.9. The summed E-state index contributed by atoms with van der Waals surface area (Å²) in [5, 5.41) is 21.9. The summed E-state index contributed by atoms with van der Waals surface area (Å²) in [6.07, 6.45) is -0.560. The van der Waals surface area contributed by atoms with E-state index in [1.54, 1.807) is 50.9 Å². The predicted octanol–water partition coefficient (Wildman–Crippen LogP) is 4.39. The zero-order chi connectivity index (χ0) is 31.3. The Morgan fingerprint density at radius 3 is 2.47 bits per heavy atom. The van der Waals surface area contributed by atoms with Gasteiger partial charge in [-0.25, -0.2) is 14.0 Å². The van der Waals surface area contributed by atoms with E-state index in [1.165, 1.54) is 29.2 Å². The van der Waals surface area contributed by atoms with E-state index in [0.717, 1.165) is 0 Å². The number of fused-ring (bicyclic) bond motifs is 1. The Labute approximate surface area is 249 Å². The van der Waals surface area contributed by atoms with Gasteiger partial charge in [0.15, 0.2) is 5.76 Å². The number of halogens is 1. The number of rotatable bonds is 7. The number of aliphatic hydroxyl groups excluding tert-OH is 1. The van der Waals surface area contributed by atoms with Crippen molar-refractivity contribution in [2.45, 2.75) is 46.3 Å². The normalized spacial score (nSPS) is 17.5. The zero-order valence-corrected chi connectivity index (χ0v) is 24.8. The van der Waals surface area contributed by atoms with Crippen molar-refractivity contribution in [3.05, 3.63) is 65.3 Å². The lowest BCUT2D eigenvalue weighted by Gasteiger charge is -2.34. The second kappa shape index (κ2) is 13.6. The number of carbonyl (C=O) groups excluding carboxylic acids is 3. The number of ether oxygens (including phenoxy) is 1. The van der Waals surface area contributed by atoms with Gasteiger partial charge >= 0.3 is 12.1 Å². The van der Waals surface area contributed by atoms with Gasteiger partial charge in [0.25, 0.3) is 0 Å². The van der Waals surface area contributed by atoms with E-state index in [2.05, 4.69) is 21.1 Å². The molecule has 12 nitrogen and oxygen atoms in total. The number of nitrogens with one attached hydrogen (secondary N) is 3. The highest BCUT2D eigenvalue weighted by atomic mass is 19.1. The fourth-order valence-corrected chi connectivity index (χ4v) is 4.77. The van der Waals surface area contributed by atoms with Crippen molar-refractivity contribution in [2.24, 2.45) is 5.92 Å². The number of hydrogen-bond donors (Lipinski definition) is 4. The third-order valence-corrected chi connectivity index (χ3v) is 7.34. The second-order valence-corrected chi connectivity index (χ2v) is 10.8. The van der Waals surface area contributed by atoms with Crippen LogP contribution in [-0.4, -0.2) is 76.9 Å². The van der Waals surface area contributed by atoms with E-state index in [4.69, 9.17) is 9.26 Å². The average molecular weight is 597 g/mol. The molecule has 230 valence electrons. The molecule has 5 amide bonds. The van der Waals surface area contributed by atoms with Crippen molar-refractivity contribution >= 4 is 35.0 Å². The molecule has 0 saturated heterocycles. The van der Waals surface area contributed by atoms with Crippen molar-refractivity contribution in [2.75, 3.05) is 42.7 Å². The molecule has 0 radical (unpaired) electrons. The summed E-state index contributed by atoms with van der Waals surface area (Å²) in [6, 6.07) is 8.96. The number of carbonyl (C=O) groups is 3. The van der Waals surface area contributed by atoms with Crippen molar-refractivity contribution in [1.29, 1.82) is 0 Å². The van der Waals surface area contributed by atoms with Crippen LogP contribution in [0.1, 0.15) is 30.9 Å². The SMILES string of the molecule is Cc1noc(C)c1NC(=O)N(C)C[C@@H]1Oc2ccc(NC(=O)Nc3ccc(F)cc3)cc2CC(=O)N([C@@H](C)CO)C[C@H]1C. The van der Waals surface area contributed by atoms with E-state index in [1.807, 2.05) is 6.92 Å². The minimum absolute atomic E-state index is 0.0312. The topological polar surface area (TPSA) is 149 Å². The fraction of sp³-hybridized carbons (Fsp3) is 0.400. The number of urea groups is 2. The predicted molar refractivity (Wildman–Crippen MR) is 159 cm³/mol. The van der Waals surface area contributed by atoms with Crippen LogP contribution in [0.4, 0.5) is 31.0 Å². The summed E-state index contributed by atoms with van der Waals surface area (Å²) < 4.78 is 24.8. The maximum atomic E-state index is 13.4. The molecular formula is C30H37FN6O6. The molecule has 0 saturated carbocycles. The molecular weight excluding hydrogens is 559 g/mol.